The summed E-state index contributed by atoms with van der Waals surface area (Å²) < 4.78 is 0. The van der Waals surface area contributed by atoms with Gasteiger partial charge in [0.15, 0.2) is 0 Å². The first kappa shape index (κ1) is 16.7. The van der Waals surface area contributed by atoms with E-state index in [9.17, 15) is 0 Å². The molecular formula is C16H32N2O. The highest BCUT2D eigenvalue weighted by molar-refractivity contribution is 4.95. The molecule has 0 aromatic carbocycles. The van der Waals surface area contributed by atoms with Gasteiger partial charge in [0.1, 0.15) is 0 Å². The predicted octanol–water partition coefficient (Wildman–Crippen LogP) is 2.42. The summed E-state index contributed by atoms with van der Waals surface area (Å²) in [5.74, 6) is 0. The zero-order valence-corrected chi connectivity index (χ0v) is 13.2. The summed E-state index contributed by atoms with van der Waals surface area (Å²) in [5, 5.41) is 12.7. The van der Waals surface area contributed by atoms with Crippen molar-refractivity contribution in [3.05, 3.63) is 11.6 Å². The van der Waals surface area contributed by atoms with Crippen molar-refractivity contribution >= 4 is 0 Å². The minimum atomic E-state index is 0.202. The van der Waals surface area contributed by atoms with Crippen molar-refractivity contribution in [2.45, 2.75) is 53.0 Å². The Labute approximate surface area is 119 Å². The maximum absolute atomic E-state index is 9.04. The Morgan fingerprint density at radius 1 is 1.32 bits per heavy atom. The molecule has 1 rings (SSSR count). The van der Waals surface area contributed by atoms with Crippen LogP contribution < -0.4 is 5.32 Å². The molecule has 2 N–H and O–H groups in total. The quantitative estimate of drug-likeness (QED) is 0.696. The molecule has 0 aliphatic carbocycles. The standard InChI is InChI=1S/C16H32N2O/c1-14(2)5-9-18-10-6-15(7-11-18)17-13-16(3,4)8-12-19/h5,15,17,19H,6-13H2,1-4H3. The molecule has 1 heterocycles. The molecule has 19 heavy (non-hydrogen) atoms. The number of hydrogen-bond donors (Lipinski definition) is 2. The van der Waals surface area contributed by atoms with Gasteiger partial charge >= 0.3 is 0 Å². The molecular weight excluding hydrogens is 236 g/mol. The first-order valence-electron chi connectivity index (χ1n) is 7.63. The minimum absolute atomic E-state index is 0.202. The smallest absolute Gasteiger partial charge is 0.0436 e. The fourth-order valence-electron chi connectivity index (χ4n) is 2.44. The van der Waals surface area contributed by atoms with Crippen LogP contribution in [0.4, 0.5) is 0 Å². The van der Waals surface area contributed by atoms with Crippen LogP contribution in [-0.4, -0.2) is 48.8 Å². The van der Waals surface area contributed by atoms with Crippen LogP contribution in [0.25, 0.3) is 0 Å². The van der Waals surface area contributed by atoms with Crippen LogP contribution in [0, 0.1) is 5.41 Å². The highest BCUT2D eigenvalue weighted by Gasteiger charge is 2.22. The molecule has 0 spiro atoms. The zero-order chi connectivity index (χ0) is 14.3. The molecule has 3 heteroatoms. The Kier molecular flexibility index (Phi) is 7.05. The van der Waals surface area contributed by atoms with Gasteiger partial charge in [-0.15, -0.1) is 0 Å². The van der Waals surface area contributed by atoms with Crippen molar-refractivity contribution in [1.82, 2.24) is 10.2 Å². The van der Waals surface area contributed by atoms with Crippen molar-refractivity contribution in [1.29, 1.82) is 0 Å². The SMILES string of the molecule is CC(C)=CCN1CCC(NCC(C)(C)CCO)CC1. The van der Waals surface area contributed by atoms with Crippen LogP contribution in [0.2, 0.25) is 0 Å². The van der Waals surface area contributed by atoms with Gasteiger partial charge in [-0.2, -0.15) is 0 Å². The van der Waals surface area contributed by atoms with E-state index in [1.807, 2.05) is 0 Å². The molecule has 0 saturated carbocycles. The van der Waals surface area contributed by atoms with E-state index in [1.54, 1.807) is 0 Å². The van der Waals surface area contributed by atoms with E-state index in [1.165, 1.54) is 31.5 Å². The summed E-state index contributed by atoms with van der Waals surface area (Å²) in [5.41, 5.74) is 1.61. The first-order valence-corrected chi connectivity index (χ1v) is 7.63. The van der Waals surface area contributed by atoms with Gasteiger partial charge in [0.05, 0.1) is 0 Å². The summed E-state index contributed by atoms with van der Waals surface area (Å²) in [7, 11) is 0. The lowest BCUT2D eigenvalue weighted by Crippen LogP contribution is -2.45. The van der Waals surface area contributed by atoms with Gasteiger partial charge in [-0.05, 0) is 51.6 Å². The first-order chi connectivity index (χ1) is 8.93. The van der Waals surface area contributed by atoms with Gasteiger partial charge in [-0.25, -0.2) is 0 Å². The van der Waals surface area contributed by atoms with Gasteiger partial charge < -0.3 is 10.4 Å². The van der Waals surface area contributed by atoms with E-state index in [4.69, 9.17) is 5.11 Å². The van der Waals surface area contributed by atoms with Gasteiger partial charge in [0.2, 0.25) is 0 Å². The van der Waals surface area contributed by atoms with E-state index in [-0.39, 0.29) is 12.0 Å². The van der Waals surface area contributed by atoms with Crippen LogP contribution in [-0.2, 0) is 0 Å². The number of allylic oxidation sites excluding steroid dienone is 1. The van der Waals surface area contributed by atoms with Crippen molar-refractivity contribution in [3.8, 4) is 0 Å². The second-order valence-electron chi connectivity index (χ2n) is 6.88. The fourth-order valence-corrected chi connectivity index (χ4v) is 2.44. The Hall–Kier alpha value is -0.380. The molecule has 1 saturated heterocycles. The lowest BCUT2D eigenvalue weighted by atomic mass is 9.89. The van der Waals surface area contributed by atoms with E-state index in [2.05, 4.69) is 44.0 Å². The largest absolute Gasteiger partial charge is 0.396 e. The molecule has 112 valence electrons. The van der Waals surface area contributed by atoms with E-state index in [0.29, 0.717) is 6.04 Å². The number of nitrogens with zero attached hydrogens (tertiary/aromatic N) is 1. The Morgan fingerprint density at radius 2 is 1.95 bits per heavy atom. The minimum Gasteiger partial charge on any atom is -0.396 e. The Morgan fingerprint density at radius 3 is 2.47 bits per heavy atom. The number of piperidine rings is 1. The molecule has 3 nitrogen and oxygen atoms in total. The summed E-state index contributed by atoms with van der Waals surface area (Å²) in [6.45, 7) is 13.6. The van der Waals surface area contributed by atoms with Gasteiger partial charge in [-0.1, -0.05) is 25.5 Å². The fraction of sp³-hybridized carbons (Fsp3) is 0.875. The lowest BCUT2D eigenvalue weighted by molar-refractivity contribution is 0.179. The number of likely N-dealkylation sites (tertiary alicyclic amines) is 1. The molecule has 0 unspecified atom stereocenters. The molecule has 0 aromatic heterocycles. The molecule has 0 atom stereocenters. The van der Waals surface area contributed by atoms with Gasteiger partial charge in [0.25, 0.3) is 0 Å². The van der Waals surface area contributed by atoms with Crippen LogP contribution in [0.5, 0.6) is 0 Å². The third-order valence-electron chi connectivity index (χ3n) is 4.00. The van der Waals surface area contributed by atoms with E-state index in [0.717, 1.165) is 19.5 Å². The number of aliphatic hydroxyl groups is 1. The summed E-state index contributed by atoms with van der Waals surface area (Å²) in [4.78, 5) is 2.53. The zero-order valence-electron chi connectivity index (χ0n) is 13.2. The second-order valence-corrected chi connectivity index (χ2v) is 6.88. The third kappa shape index (κ3) is 7.09. The average molecular weight is 268 g/mol. The predicted molar refractivity (Wildman–Crippen MR) is 82.4 cm³/mol. The normalized spacial score (nSPS) is 18.6. The maximum atomic E-state index is 9.04. The lowest BCUT2D eigenvalue weighted by Gasteiger charge is -2.34. The van der Waals surface area contributed by atoms with Gasteiger partial charge in [0, 0.05) is 25.7 Å². The van der Waals surface area contributed by atoms with Crippen LogP contribution in [0.15, 0.2) is 11.6 Å². The highest BCUT2D eigenvalue weighted by Crippen LogP contribution is 2.19. The maximum Gasteiger partial charge on any atom is 0.0436 e. The number of nitrogens with one attached hydrogen (secondary N) is 1. The second kappa shape index (κ2) is 8.03. The van der Waals surface area contributed by atoms with E-state index >= 15 is 0 Å². The summed E-state index contributed by atoms with van der Waals surface area (Å²) in [6, 6.07) is 0.654. The van der Waals surface area contributed by atoms with Crippen molar-refractivity contribution in [2.24, 2.45) is 5.41 Å². The van der Waals surface area contributed by atoms with Crippen LogP contribution >= 0.6 is 0 Å². The summed E-state index contributed by atoms with van der Waals surface area (Å²) >= 11 is 0. The number of hydrogen-bond acceptors (Lipinski definition) is 3. The van der Waals surface area contributed by atoms with Crippen molar-refractivity contribution < 1.29 is 5.11 Å². The molecule has 0 bridgehead atoms. The molecule has 1 aliphatic heterocycles. The average Bonchev–Trinajstić information content (AvgIpc) is 2.35. The third-order valence-corrected chi connectivity index (χ3v) is 4.00. The van der Waals surface area contributed by atoms with Crippen LogP contribution in [0.3, 0.4) is 0 Å². The molecule has 0 radical (unpaired) electrons. The topological polar surface area (TPSA) is 35.5 Å². The molecule has 1 aliphatic rings. The molecule has 0 amide bonds. The Balaban J connectivity index is 2.21. The number of aliphatic hydroxyl groups excluding tert-OH is 1. The number of rotatable bonds is 7. The van der Waals surface area contributed by atoms with Crippen LogP contribution in [0.1, 0.15) is 47.0 Å². The molecule has 1 fully saturated rings. The van der Waals surface area contributed by atoms with E-state index < -0.39 is 0 Å². The van der Waals surface area contributed by atoms with Crippen molar-refractivity contribution in [2.75, 3.05) is 32.8 Å². The van der Waals surface area contributed by atoms with Gasteiger partial charge in [-0.3, -0.25) is 4.90 Å². The monoisotopic (exact) mass is 268 g/mol. The molecule has 0 aromatic rings. The summed E-state index contributed by atoms with van der Waals surface area (Å²) in [6.07, 6.45) is 5.68. The van der Waals surface area contributed by atoms with Crippen molar-refractivity contribution in [3.63, 3.8) is 0 Å². The Bertz CT molecular complexity index is 274. The highest BCUT2D eigenvalue weighted by atomic mass is 16.3.